The van der Waals surface area contributed by atoms with Crippen molar-refractivity contribution in [1.29, 1.82) is 0 Å². The number of thiophene rings is 1. The van der Waals surface area contributed by atoms with Crippen LogP contribution in [0, 0.1) is 6.92 Å². The molecule has 2 aromatic carbocycles. The van der Waals surface area contributed by atoms with E-state index in [1.54, 1.807) is 31.2 Å². The normalized spacial score (nSPS) is 16.2. The highest BCUT2D eigenvalue weighted by molar-refractivity contribution is 7.15. The zero-order chi connectivity index (χ0) is 26.2. The van der Waals surface area contributed by atoms with Crippen LogP contribution < -0.4 is 5.32 Å². The molecular formula is C31H31N3O3S. The van der Waals surface area contributed by atoms with Crippen LogP contribution >= 0.6 is 11.3 Å². The lowest BCUT2D eigenvalue weighted by Gasteiger charge is -2.31. The van der Waals surface area contributed by atoms with Crippen LogP contribution in [0.2, 0.25) is 0 Å². The Balaban J connectivity index is 1.43. The van der Waals surface area contributed by atoms with Gasteiger partial charge in [0.15, 0.2) is 0 Å². The average molecular weight is 526 g/mol. The van der Waals surface area contributed by atoms with E-state index in [-0.39, 0.29) is 12.1 Å². The Morgan fingerprint density at radius 3 is 2.66 bits per heavy atom. The number of nitrogens with one attached hydrogen (secondary N) is 1. The second-order valence-corrected chi connectivity index (χ2v) is 11.1. The van der Waals surface area contributed by atoms with Gasteiger partial charge >= 0.3 is 12.0 Å². The number of amides is 2. The van der Waals surface area contributed by atoms with E-state index in [4.69, 9.17) is 4.74 Å². The van der Waals surface area contributed by atoms with E-state index in [1.807, 2.05) is 16.2 Å². The molecule has 3 heterocycles. The summed E-state index contributed by atoms with van der Waals surface area (Å²) in [4.78, 5) is 29.8. The molecule has 2 aromatic heterocycles. The molecule has 1 aliphatic carbocycles. The number of nitrogens with zero attached hydrogens (tertiary/aromatic N) is 2. The van der Waals surface area contributed by atoms with Crippen LogP contribution in [0.3, 0.4) is 0 Å². The number of aromatic nitrogens is 1. The molecule has 0 unspecified atom stereocenters. The van der Waals surface area contributed by atoms with Gasteiger partial charge in [-0.25, -0.2) is 9.59 Å². The van der Waals surface area contributed by atoms with Gasteiger partial charge in [-0.1, -0.05) is 35.9 Å². The van der Waals surface area contributed by atoms with Crippen molar-refractivity contribution in [2.24, 2.45) is 0 Å². The van der Waals surface area contributed by atoms with E-state index in [2.05, 4.69) is 59.4 Å². The molecule has 38 heavy (non-hydrogen) atoms. The smallest absolute Gasteiger partial charge is 0.338 e. The maximum absolute atomic E-state index is 14.1. The van der Waals surface area contributed by atoms with Crippen LogP contribution in [0.4, 0.5) is 10.5 Å². The Kier molecular flexibility index (Phi) is 6.54. The van der Waals surface area contributed by atoms with Crippen LogP contribution in [-0.2, 0) is 24.1 Å². The first-order chi connectivity index (χ1) is 18.5. The van der Waals surface area contributed by atoms with Gasteiger partial charge in [0.25, 0.3) is 0 Å². The van der Waals surface area contributed by atoms with Gasteiger partial charge in [0.1, 0.15) is 5.00 Å². The molecule has 0 fully saturated rings. The van der Waals surface area contributed by atoms with Gasteiger partial charge in [0, 0.05) is 22.3 Å². The first-order valence-electron chi connectivity index (χ1n) is 13.3. The Morgan fingerprint density at radius 2 is 1.84 bits per heavy atom. The second-order valence-electron chi connectivity index (χ2n) is 9.97. The Hall–Kier alpha value is -3.84. The van der Waals surface area contributed by atoms with E-state index in [9.17, 15) is 9.59 Å². The molecular weight excluding hydrogens is 494 g/mol. The van der Waals surface area contributed by atoms with Crippen LogP contribution in [0.15, 0.2) is 66.9 Å². The standard InChI is InChI=1S/C31H31N3O3S/c1-3-37-30(35)22-8-6-9-23(18-22)32-31(36)34-19-25-24-10-4-5-12-27(24)38-29(25)33-17-7-11-26(33)28(34)21-15-13-20(2)14-16-21/h6-9,11,13-18,28H,3-5,10,12,19H2,1-2H3,(H,32,36)/t28-/m1/s1. The fraction of sp³-hybridized carbons (Fsp3) is 0.290. The summed E-state index contributed by atoms with van der Waals surface area (Å²) in [6, 6.07) is 19.1. The molecule has 0 saturated carbocycles. The predicted octanol–water partition coefficient (Wildman–Crippen LogP) is 7.04. The summed E-state index contributed by atoms with van der Waals surface area (Å²) in [7, 11) is 0. The highest BCUT2D eigenvalue weighted by Gasteiger charge is 2.36. The number of fused-ring (bicyclic) bond motifs is 5. The van der Waals surface area contributed by atoms with Gasteiger partial charge < -0.3 is 19.5 Å². The number of esters is 1. The Morgan fingerprint density at radius 1 is 1.03 bits per heavy atom. The van der Waals surface area contributed by atoms with Crippen LogP contribution in [0.1, 0.15) is 69.0 Å². The number of aryl methyl sites for hydroxylation is 2. The summed E-state index contributed by atoms with van der Waals surface area (Å²) >= 11 is 1.88. The number of anilines is 1. The lowest BCUT2D eigenvalue weighted by atomic mass is 9.95. The molecule has 2 aliphatic rings. The van der Waals surface area contributed by atoms with Crippen molar-refractivity contribution in [3.8, 4) is 5.00 Å². The molecule has 1 N–H and O–H groups in total. The van der Waals surface area contributed by atoms with Crippen LogP contribution in [0.25, 0.3) is 5.00 Å². The van der Waals surface area contributed by atoms with Gasteiger partial charge in [-0.2, -0.15) is 0 Å². The third-order valence-corrected chi connectivity index (χ3v) is 8.79. The molecule has 0 saturated heterocycles. The fourth-order valence-corrected chi connectivity index (χ4v) is 7.02. The van der Waals surface area contributed by atoms with Gasteiger partial charge in [-0.15, -0.1) is 11.3 Å². The number of carbonyl (C=O) groups excluding carboxylic acids is 2. The van der Waals surface area contributed by atoms with E-state index < -0.39 is 5.97 Å². The largest absolute Gasteiger partial charge is 0.462 e. The maximum atomic E-state index is 14.1. The highest BCUT2D eigenvalue weighted by atomic mass is 32.1. The molecule has 1 atom stereocenters. The number of hydrogen-bond donors (Lipinski definition) is 1. The van der Waals surface area contributed by atoms with Crippen molar-refractivity contribution in [1.82, 2.24) is 9.47 Å². The van der Waals surface area contributed by atoms with Gasteiger partial charge in [-0.05, 0) is 81.0 Å². The molecule has 194 valence electrons. The third kappa shape index (κ3) is 4.41. The maximum Gasteiger partial charge on any atom is 0.338 e. The summed E-state index contributed by atoms with van der Waals surface area (Å²) in [5.74, 6) is -0.400. The van der Waals surface area contributed by atoms with E-state index in [0.29, 0.717) is 24.4 Å². The van der Waals surface area contributed by atoms with Crippen molar-refractivity contribution >= 4 is 29.0 Å². The molecule has 6 nitrogen and oxygen atoms in total. The number of ether oxygens (including phenoxy) is 1. The second kappa shape index (κ2) is 10.1. The monoisotopic (exact) mass is 525 g/mol. The average Bonchev–Trinajstić information content (AvgIpc) is 3.51. The first-order valence-corrected chi connectivity index (χ1v) is 14.1. The van der Waals surface area contributed by atoms with Gasteiger partial charge in [0.05, 0.1) is 30.5 Å². The molecule has 0 radical (unpaired) electrons. The van der Waals surface area contributed by atoms with E-state index in [0.717, 1.165) is 24.1 Å². The molecule has 6 rings (SSSR count). The minimum absolute atomic E-state index is 0.201. The highest BCUT2D eigenvalue weighted by Crippen LogP contribution is 2.44. The lowest BCUT2D eigenvalue weighted by molar-refractivity contribution is 0.0526. The zero-order valence-electron chi connectivity index (χ0n) is 21.7. The number of hydrogen-bond acceptors (Lipinski definition) is 4. The van der Waals surface area contributed by atoms with Crippen molar-refractivity contribution in [3.63, 3.8) is 0 Å². The molecule has 7 heteroatoms. The molecule has 1 aliphatic heterocycles. The third-order valence-electron chi connectivity index (χ3n) is 7.46. The number of benzene rings is 2. The van der Waals surface area contributed by atoms with Crippen LogP contribution in [0.5, 0.6) is 0 Å². The summed E-state index contributed by atoms with van der Waals surface area (Å²) in [5.41, 5.74) is 6.97. The number of urea groups is 1. The fourth-order valence-electron chi connectivity index (χ4n) is 5.62. The minimum Gasteiger partial charge on any atom is -0.462 e. The summed E-state index contributed by atoms with van der Waals surface area (Å²) in [6.07, 6.45) is 6.70. The van der Waals surface area contributed by atoms with Gasteiger partial charge in [0.2, 0.25) is 0 Å². The molecule has 0 spiro atoms. The van der Waals surface area contributed by atoms with E-state index in [1.165, 1.54) is 39.4 Å². The number of rotatable bonds is 4. The summed E-state index contributed by atoms with van der Waals surface area (Å²) in [6.45, 7) is 4.67. The first kappa shape index (κ1) is 24.5. The zero-order valence-corrected chi connectivity index (χ0v) is 22.5. The van der Waals surface area contributed by atoms with Crippen molar-refractivity contribution in [2.45, 2.75) is 52.1 Å². The van der Waals surface area contributed by atoms with Gasteiger partial charge in [-0.3, -0.25) is 0 Å². The Labute approximate surface area is 226 Å². The SMILES string of the molecule is CCOC(=O)c1cccc(NC(=O)N2Cc3c(sc4c3CCCC4)-n3cccc3[C@H]2c2ccc(C)cc2)c1. The van der Waals surface area contributed by atoms with Crippen molar-refractivity contribution in [2.75, 3.05) is 11.9 Å². The summed E-state index contributed by atoms with van der Waals surface area (Å²) < 4.78 is 7.44. The topological polar surface area (TPSA) is 63.6 Å². The summed E-state index contributed by atoms with van der Waals surface area (Å²) in [5, 5.41) is 4.32. The molecule has 2 amide bonds. The Bertz CT molecular complexity index is 1500. The van der Waals surface area contributed by atoms with Crippen LogP contribution in [-0.4, -0.2) is 28.1 Å². The quantitative estimate of drug-likeness (QED) is 0.291. The minimum atomic E-state index is -0.400. The molecule has 4 aromatic rings. The predicted molar refractivity (Wildman–Crippen MR) is 150 cm³/mol. The lowest BCUT2D eigenvalue weighted by Crippen LogP contribution is -2.38. The van der Waals surface area contributed by atoms with Crippen molar-refractivity contribution < 1.29 is 14.3 Å². The van der Waals surface area contributed by atoms with E-state index >= 15 is 0 Å². The molecule has 0 bridgehead atoms. The number of carbonyl (C=O) groups is 2. The van der Waals surface area contributed by atoms with Crippen molar-refractivity contribution in [3.05, 3.63) is 105 Å².